The molecule has 3 heterocycles. The third-order valence-corrected chi connectivity index (χ3v) is 5.17. The molecule has 0 fully saturated rings. The molecule has 2 unspecified atom stereocenters. The maximum absolute atomic E-state index is 13.0. The van der Waals surface area contributed by atoms with Gasteiger partial charge >= 0.3 is 6.18 Å². The molecule has 33 heavy (non-hydrogen) atoms. The zero-order valence-corrected chi connectivity index (χ0v) is 17.8. The van der Waals surface area contributed by atoms with E-state index in [1.807, 2.05) is 0 Å². The van der Waals surface area contributed by atoms with Crippen LogP contribution in [0.2, 0.25) is 5.02 Å². The minimum absolute atomic E-state index is 0.169. The number of aliphatic hydroxyl groups excluding tert-OH is 1. The largest absolute Gasteiger partial charge is 0.496 e. The van der Waals surface area contributed by atoms with Crippen molar-refractivity contribution in [2.45, 2.75) is 18.3 Å². The number of rotatable bonds is 6. The zero-order chi connectivity index (χ0) is 23.8. The van der Waals surface area contributed by atoms with Crippen molar-refractivity contribution >= 4 is 23.2 Å². The molecular formula is C20H18ClF3N6O3. The number of fused-ring (bicyclic) bond motifs is 1. The minimum atomic E-state index is -4.81. The Hall–Kier alpha value is -3.35. The van der Waals surface area contributed by atoms with E-state index in [1.165, 1.54) is 30.2 Å². The van der Waals surface area contributed by atoms with Crippen LogP contribution in [0.4, 0.5) is 13.2 Å². The molecule has 0 radical (unpaired) electrons. The molecule has 174 valence electrons. The van der Waals surface area contributed by atoms with Crippen molar-refractivity contribution in [2.75, 3.05) is 13.7 Å². The first-order valence-corrected chi connectivity index (χ1v) is 9.97. The second kappa shape index (κ2) is 8.89. The van der Waals surface area contributed by atoms with E-state index in [2.05, 4.69) is 20.8 Å². The highest BCUT2D eigenvalue weighted by atomic mass is 35.5. The monoisotopic (exact) mass is 482 g/mol. The Morgan fingerprint density at radius 1 is 1.42 bits per heavy atom. The van der Waals surface area contributed by atoms with Gasteiger partial charge < -0.3 is 20.2 Å². The molecule has 3 aromatic rings. The van der Waals surface area contributed by atoms with E-state index < -0.39 is 30.8 Å². The summed E-state index contributed by atoms with van der Waals surface area (Å²) in [6.45, 7) is -0.805. The first kappa shape index (κ1) is 22.8. The van der Waals surface area contributed by atoms with Gasteiger partial charge in [-0.15, -0.1) is 0 Å². The van der Waals surface area contributed by atoms with Gasteiger partial charge in [0.1, 0.15) is 11.3 Å². The minimum Gasteiger partial charge on any atom is -0.496 e. The lowest BCUT2D eigenvalue weighted by Gasteiger charge is -2.25. The topological polar surface area (TPSA) is 104 Å². The van der Waals surface area contributed by atoms with Crippen molar-refractivity contribution in [1.82, 2.24) is 30.3 Å². The fourth-order valence-electron chi connectivity index (χ4n) is 3.37. The second-order valence-electron chi connectivity index (χ2n) is 7.14. The lowest BCUT2D eigenvalue weighted by atomic mass is 10.0. The quantitative estimate of drug-likeness (QED) is 0.496. The Morgan fingerprint density at radius 2 is 2.21 bits per heavy atom. The Kier molecular flexibility index (Phi) is 6.15. The van der Waals surface area contributed by atoms with Gasteiger partial charge in [0.2, 0.25) is 0 Å². The highest BCUT2D eigenvalue weighted by Gasteiger charge is 2.41. The van der Waals surface area contributed by atoms with E-state index in [1.54, 1.807) is 30.5 Å². The molecule has 3 N–H and O–H groups in total. The van der Waals surface area contributed by atoms with E-state index in [4.69, 9.17) is 16.3 Å². The van der Waals surface area contributed by atoms with Crippen molar-refractivity contribution < 1.29 is 27.8 Å². The number of ether oxygens (including phenoxy) is 1. The van der Waals surface area contributed by atoms with Gasteiger partial charge in [0, 0.05) is 29.2 Å². The van der Waals surface area contributed by atoms with Crippen molar-refractivity contribution in [2.24, 2.45) is 0 Å². The standard InChI is InChI=1S/C20H18ClF3N6O3/c1-33-15-4-3-11(21)7-12(15)17-14(9-29(28-17)10-16(31)20(22,23)24)27-19(32)13-8-26-30-6-2-5-25-18(13)30/h2-9,16-17,28,31H,10H2,1H3,(H,27,32). The number of β-amino-alcohol motifs (C(OH)–C–C–N with tert-alkyl or cyclic N) is 1. The average molecular weight is 483 g/mol. The summed E-state index contributed by atoms with van der Waals surface area (Å²) in [7, 11) is 1.43. The molecule has 2 atom stereocenters. The number of benzene rings is 1. The molecule has 1 aliphatic heterocycles. The van der Waals surface area contributed by atoms with Crippen LogP contribution in [0.3, 0.4) is 0 Å². The SMILES string of the molecule is COc1ccc(Cl)cc1C1NN(CC(O)C(F)(F)F)C=C1NC(=O)c1cnn2cccnc12. The summed E-state index contributed by atoms with van der Waals surface area (Å²) in [6, 6.07) is 5.59. The van der Waals surface area contributed by atoms with E-state index in [0.29, 0.717) is 22.0 Å². The van der Waals surface area contributed by atoms with E-state index >= 15 is 0 Å². The Labute approximate surface area is 190 Å². The number of methoxy groups -OCH3 is 1. The van der Waals surface area contributed by atoms with Gasteiger partial charge in [-0.25, -0.2) is 14.9 Å². The molecule has 0 spiro atoms. The number of hydrogen-bond donors (Lipinski definition) is 3. The molecule has 13 heteroatoms. The number of nitrogens with zero attached hydrogens (tertiary/aromatic N) is 4. The van der Waals surface area contributed by atoms with Crippen LogP contribution in [0.1, 0.15) is 22.0 Å². The van der Waals surface area contributed by atoms with Crippen molar-refractivity contribution in [3.63, 3.8) is 0 Å². The van der Waals surface area contributed by atoms with Crippen LogP contribution in [0.15, 0.2) is 54.8 Å². The number of aliphatic hydroxyl groups is 1. The number of carbonyl (C=O) groups is 1. The second-order valence-corrected chi connectivity index (χ2v) is 7.58. The fourth-order valence-corrected chi connectivity index (χ4v) is 3.55. The highest BCUT2D eigenvalue weighted by molar-refractivity contribution is 6.30. The molecule has 1 amide bonds. The summed E-state index contributed by atoms with van der Waals surface area (Å²) in [6.07, 6.45) is -1.69. The number of carbonyl (C=O) groups excluding carboxylic acids is 1. The molecule has 2 aromatic heterocycles. The normalized spacial score (nSPS) is 17.2. The zero-order valence-electron chi connectivity index (χ0n) is 17.0. The van der Waals surface area contributed by atoms with Gasteiger partial charge in [0.15, 0.2) is 11.8 Å². The number of alkyl halides is 3. The molecule has 9 nitrogen and oxygen atoms in total. The molecule has 0 bridgehead atoms. The van der Waals surface area contributed by atoms with E-state index in [0.717, 1.165) is 5.01 Å². The van der Waals surface area contributed by atoms with Gasteiger partial charge in [-0.1, -0.05) is 11.6 Å². The highest BCUT2D eigenvalue weighted by Crippen LogP contribution is 2.35. The van der Waals surface area contributed by atoms with Crippen LogP contribution in [0.25, 0.3) is 5.65 Å². The molecule has 0 saturated carbocycles. The van der Waals surface area contributed by atoms with Crippen LogP contribution in [-0.4, -0.2) is 56.6 Å². The Bertz CT molecular complexity index is 1220. The van der Waals surface area contributed by atoms with Crippen LogP contribution >= 0.6 is 11.6 Å². The third kappa shape index (κ3) is 4.72. The number of amides is 1. The molecular weight excluding hydrogens is 465 g/mol. The molecule has 1 aliphatic rings. The predicted octanol–water partition coefficient (Wildman–Crippen LogP) is 2.45. The van der Waals surface area contributed by atoms with Crippen molar-refractivity contribution in [3.05, 3.63) is 70.9 Å². The third-order valence-electron chi connectivity index (χ3n) is 4.93. The van der Waals surface area contributed by atoms with Crippen molar-refractivity contribution in [1.29, 1.82) is 0 Å². The summed E-state index contributed by atoms with van der Waals surface area (Å²) in [5.74, 6) is -0.172. The molecule has 0 aliphatic carbocycles. The Morgan fingerprint density at radius 3 is 2.94 bits per heavy atom. The van der Waals surface area contributed by atoms with Crippen LogP contribution in [-0.2, 0) is 0 Å². The summed E-state index contributed by atoms with van der Waals surface area (Å²) < 4.78 is 45.4. The van der Waals surface area contributed by atoms with Gasteiger partial charge in [-0.2, -0.15) is 18.3 Å². The first-order chi connectivity index (χ1) is 15.7. The van der Waals surface area contributed by atoms with Crippen LogP contribution in [0, 0.1) is 0 Å². The number of nitrogens with one attached hydrogen (secondary N) is 2. The maximum Gasteiger partial charge on any atom is 0.416 e. The summed E-state index contributed by atoms with van der Waals surface area (Å²) in [5, 5.41) is 17.7. The number of hydrazine groups is 1. The lowest BCUT2D eigenvalue weighted by molar-refractivity contribution is -0.207. The van der Waals surface area contributed by atoms with Crippen molar-refractivity contribution in [3.8, 4) is 5.75 Å². The molecule has 4 rings (SSSR count). The summed E-state index contributed by atoms with van der Waals surface area (Å²) >= 11 is 6.12. The number of halogens is 4. The number of hydrogen-bond acceptors (Lipinski definition) is 7. The maximum atomic E-state index is 13.0. The lowest BCUT2D eigenvalue weighted by Crippen LogP contribution is -2.43. The van der Waals surface area contributed by atoms with Gasteiger partial charge in [-0.3, -0.25) is 4.79 Å². The summed E-state index contributed by atoms with van der Waals surface area (Å²) in [4.78, 5) is 17.1. The molecule has 1 aromatic carbocycles. The predicted molar refractivity (Wildman–Crippen MR) is 111 cm³/mol. The smallest absolute Gasteiger partial charge is 0.416 e. The molecule has 0 saturated heterocycles. The van der Waals surface area contributed by atoms with E-state index in [9.17, 15) is 23.1 Å². The van der Waals surface area contributed by atoms with Crippen LogP contribution < -0.4 is 15.5 Å². The van der Waals surface area contributed by atoms with E-state index in [-0.39, 0.29) is 11.3 Å². The summed E-state index contributed by atoms with van der Waals surface area (Å²) in [5.41, 5.74) is 4.00. The van der Waals surface area contributed by atoms with Crippen LogP contribution in [0.5, 0.6) is 5.75 Å². The average Bonchev–Trinajstić information content (AvgIpc) is 3.37. The number of aromatic nitrogens is 3. The first-order valence-electron chi connectivity index (χ1n) is 9.60. The Balaban J connectivity index is 1.66. The van der Waals surface area contributed by atoms with Gasteiger partial charge in [0.05, 0.1) is 31.6 Å². The van der Waals surface area contributed by atoms with Gasteiger partial charge in [-0.05, 0) is 24.3 Å². The fraction of sp³-hybridized carbons (Fsp3) is 0.250. The van der Waals surface area contributed by atoms with Gasteiger partial charge in [0.25, 0.3) is 5.91 Å².